The molecule has 3 aromatic rings. The zero-order valence-electron chi connectivity index (χ0n) is 17.2. The molecular formula is C22H25N5O2. The fourth-order valence-electron chi connectivity index (χ4n) is 2.94. The molecule has 7 nitrogen and oxygen atoms in total. The van der Waals surface area contributed by atoms with Crippen molar-refractivity contribution in [2.24, 2.45) is 5.16 Å². The molecule has 3 rings (SSSR count). The number of hydrogen-bond donors (Lipinski definition) is 0. The molecule has 0 aliphatic carbocycles. The predicted octanol–water partition coefficient (Wildman–Crippen LogP) is 3.80. The Balaban J connectivity index is 1.72. The second kappa shape index (κ2) is 9.73. The molecule has 0 bridgehead atoms. The largest absolute Gasteiger partial charge is 0.481 e. The fourth-order valence-corrected chi connectivity index (χ4v) is 2.94. The lowest BCUT2D eigenvalue weighted by Gasteiger charge is -2.08. The Morgan fingerprint density at radius 1 is 0.931 bits per heavy atom. The summed E-state index contributed by atoms with van der Waals surface area (Å²) in [4.78, 5) is 23.1. The van der Waals surface area contributed by atoms with Crippen molar-refractivity contribution in [3.8, 4) is 17.4 Å². The van der Waals surface area contributed by atoms with Gasteiger partial charge in [0.15, 0.2) is 5.82 Å². The first-order chi connectivity index (χ1) is 14.1. The number of aryl methyl sites for hydroxylation is 3. The molecule has 0 atom stereocenters. The van der Waals surface area contributed by atoms with Gasteiger partial charge < -0.3 is 9.57 Å². The Bertz CT molecular complexity index is 1000. The van der Waals surface area contributed by atoms with E-state index in [0.29, 0.717) is 11.7 Å². The molecule has 0 radical (unpaired) electrons. The van der Waals surface area contributed by atoms with Crippen LogP contribution < -0.4 is 4.74 Å². The molecule has 0 amide bonds. The van der Waals surface area contributed by atoms with Gasteiger partial charge in [-0.25, -0.2) is 9.97 Å². The van der Waals surface area contributed by atoms with Gasteiger partial charge in [-0.1, -0.05) is 17.3 Å². The third-order valence-corrected chi connectivity index (χ3v) is 4.35. The maximum Gasteiger partial charge on any atom is 0.216 e. The maximum atomic E-state index is 5.36. The van der Waals surface area contributed by atoms with Gasteiger partial charge in [0.2, 0.25) is 5.88 Å². The second-order valence-corrected chi connectivity index (χ2v) is 6.62. The molecule has 3 heterocycles. The summed E-state index contributed by atoms with van der Waals surface area (Å²) in [6, 6.07) is 13.6. The molecule has 0 unspecified atom stereocenters. The molecule has 0 saturated heterocycles. The van der Waals surface area contributed by atoms with E-state index in [1.165, 1.54) is 7.11 Å². The van der Waals surface area contributed by atoms with Gasteiger partial charge in [0, 0.05) is 23.1 Å². The molecule has 0 aliphatic rings. The minimum atomic E-state index is 0.542. The van der Waals surface area contributed by atoms with E-state index in [0.717, 1.165) is 53.4 Å². The molecule has 29 heavy (non-hydrogen) atoms. The van der Waals surface area contributed by atoms with E-state index in [2.05, 4.69) is 25.1 Å². The number of methoxy groups -OCH3 is 1. The average Bonchev–Trinajstić information content (AvgIpc) is 2.74. The summed E-state index contributed by atoms with van der Waals surface area (Å²) < 4.78 is 5.36. The predicted molar refractivity (Wildman–Crippen MR) is 112 cm³/mol. The molecule has 150 valence electrons. The van der Waals surface area contributed by atoms with Crippen LogP contribution in [0.25, 0.3) is 11.5 Å². The first kappa shape index (κ1) is 20.4. The van der Waals surface area contributed by atoms with E-state index in [9.17, 15) is 0 Å². The number of aromatic nitrogens is 4. The summed E-state index contributed by atoms with van der Waals surface area (Å²) in [6.45, 7) is 3.83. The maximum absolute atomic E-state index is 5.36. The highest BCUT2D eigenvalue weighted by molar-refractivity contribution is 5.96. The Morgan fingerprint density at radius 3 is 2.48 bits per heavy atom. The summed E-state index contributed by atoms with van der Waals surface area (Å²) >= 11 is 0. The SMILES string of the molecule is CO/N=C(\C)c1cccc(CCCc2cc(OC)nc(-c3cccc(C)n3)n2)n1. The van der Waals surface area contributed by atoms with Crippen molar-refractivity contribution in [3.05, 3.63) is 65.2 Å². The number of hydrogen-bond acceptors (Lipinski definition) is 7. The van der Waals surface area contributed by atoms with Crippen LogP contribution in [0.1, 0.15) is 36.1 Å². The zero-order valence-corrected chi connectivity index (χ0v) is 17.2. The van der Waals surface area contributed by atoms with Crippen molar-refractivity contribution in [2.45, 2.75) is 33.1 Å². The van der Waals surface area contributed by atoms with Gasteiger partial charge in [-0.05, 0) is 57.4 Å². The molecule has 7 heteroatoms. The zero-order chi connectivity index (χ0) is 20.6. The Morgan fingerprint density at radius 2 is 1.72 bits per heavy atom. The van der Waals surface area contributed by atoms with Crippen molar-refractivity contribution in [3.63, 3.8) is 0 Å². The normalized spacial score (nSPS) is 11.4. The van der Waals surface area contributed by atoms with Gasteiger partial charge in [0.05, 0.1) is 12.8 Å². The third kappa shape index (κ3) is 5.57. The number of ether oxygens (including phenoxy) is 1. The first-order valence-corrected chi connectivity index (χ1v) is 9.49. The monoisotopic (exact) mass is 391 g/mol. The molecular weight excluding hydrogens is 366 g/mol. The quantitative estimate of drug-likeness (QED) is 0.429. The smallest absolute Gasteiger partial charge is 0.216 e. The van der Waals surface area contributed by atoms with Crippen molar-refractivity contribution in [1.29, 1.82) is 0 Å². The summed E-state index contributed by atoms with van der Waals surface area (Å²) in [5.41, 5.74) is 5.17. The second-order valence-electron chi connectivity index (χ2n) is 6.62. The average molecular weight is 391 g/mol. The summed E-state index contributed by atoms with van der Waals surface area (Å²) in [7, 11) is 3.14. The summed E-state index contributed by atoms with van der Waals surface area (Å²) in [5.74, 6) is 1.12. The van der Waals surface area contributed by atoms with E-state index in [-0.39, 0.29) is 0 Å². The van der Waals surface area contributed by atoms with Gasteiger partial charge in [0.1, 0.15) is 18.5 Å². The van der Waals surface area contributed by atoms with E-state index in [1.807, 2.05) is 56.3 Å². The lowest BCUT2D eigenvalue weighted by atomic mass is 10.1. The van der Waals surface area contributed by atoms with Crippen LogP contribution in [0.5, 0.6) is 5.88 Å². The lowest BCUT2D eigenvalue weighted by Crippen LogP contribution is -2.04. The summed E-state index contributed by atoms with van der Waals surface area (Å²) in [6.07, 6.45) is 2.52. The Kier molecular flexibility index (Phi) is 6.84. The number of rotatable bonds is 8. The minimum Gasteiger partial charge on any atom is -0.481 e. The van der Waals surface area contributed by atoms with Gasteiger partial charge >= 0.3 is 0 Å². The fraction of sp³-hybridized carbons (Fsp3) is 0.318. The van der Waals surface area contributed by atoms with Crippen LogP contribution in [-0.2, 0) is 17.7 Å². The molecule has 3 aromatic heterocycles. The van der Waals surface area contributed by atoms with Crippen molar-refractivity contribution >= 4 is 5.71 Å². The van der Waals surface area contributed by atoms with Gasteiger partial charge in [-0.15, -0.1) is 0 Å². The molecule has 0 saturated carbocycles. The first-order valence-electron chi connectivity index (χ1n) is 9.49. The molecule has 0 N–H and O–H groups in total. The van der Waals surface area contributed by atoms with Gasteiger partial charge in [0.25, 0.3) is 0 Å². The van der Waals surface area contributed by atoms with Crippen LogP contribution in [0.4, 0.5) is 0 Å². The van der Waals surface area contributed by atoms with Crippen LogP contribution in [-0.4, -0.2) is 39.9 Å². The Hall–Kier alpha value is -3.35. The standard InChI is InChI=1S/C22H25N5O2/c1-15-8-5-13-20(23-15)22-25-18(14-21(26-22)28-3)11-6-9-17-10-7-12-19(24-17)16(2)27-29-4/h5,7-8,10,12-14H,6,9,11H2,1-4H3/b27-16+. The van der Waals surface area contributed by atoms with E-state index in [4.69, 9.17) is 9.57 Å². The molecule has 0 aliphatic heterocycles. The van der Waals surface area contributed by atoms with Crippen LogP contribution in [0.15, 0.2) is 47.6 Å². The van der Waals surface area contributed by atoms with Crippen molar-refractivity contribution < 1.29 is 9.57 Å². The highest BCUT2D eigenvalue weighted by atomic mass is 16.6. The third-order valence-electron chi connectivity index (χ3n) is 4.35. The van der Waals surface area contributed by atoms with Gasteiger partial charge in [-0.2, -0.15) is 4.98 Å². The van der Waals surface area contributed by atoms with E-state index in [1.54, 1.807) is 7.11 Å². The summed E-state index contributed by atoms with van der Waals surface area (Å²) in [5, 5.41) is 3.94. The van der Waals surface area contributed by atoms with E-state index < -0.39 is 0 Å². The molecule has 0 aromatic carbocycles. The van der Waals surface area contributed by atoms with Gasteiger partial charge in [-0.3, -0.25) is 4.98 Å². The lowest BCUT2D eigenvalue weighted by molar-refractivity contribution is 0.213. The van der Waals surface area contributed by atoms with Crippen molar-refractivity contribution in [1.82, 2.24) is 19.9 Å². The topological polar surface area (TPSA) is 82.4 Å². The van der Waals surface area contributed by atoms with Crippen LogP contribution in [0.2, 0.25) is 0 Å². The highest BCUT2D eigenvalue weighted by Gasteiger charge is 2.09. The minimum absolute atomic E-state index is 0.542. The van der Waals surface area contributed by atoms with Crippen LogP contribution in [0.3, 0.4) is 0 Å². The van der Waals surface area contributed by atoms with Crippen LogP contribution >= 0.6 is 0 Å². The molecule has 0 spiro atoms. The highest BCUT2D eigenvalue weighted by Crippen LogP contribution is 2.19. The number of nitrogens with zero attached hydrogens (tertiary/aromatic N) is 5. The number of pyridine rings is 2. The molecule has 0 fully saturated rings. The van der Waals surface area contributed by atoms with Crippen LogP contribution in [0, 0.1) is 6.92 Å². The van der Waals surface area contributed by atoms with E-state index >= 15 is 0 Å². The van der Waals surface area contributed by atoms with Crippen molar-refractivity contribution in [2.75, 3.05) is 14.2 Å². The number of oxime groups is 1. The Labute approximate surface area is 170 Å².